The maximum Gasteiger partial charge on any atom is 0.310 e. The molecule has 2 rings (SSSR count). The van der Waals surface area contributed by atoms with E-state index in [0.717, 1.165) is 11.1 Å². The van der Waals surface area contributed by atoms with E-state index in [0.29, 0.717) is 19.6 Å². The summed E-state index contributed by atoms with van der Waals surface area (Å²) in [5.41, 5.74) is 5.04. The number of benzene rings is 2. The molecule has 0 saturated heterocycles. The summed E-state index contributed by atoms with van der Waals surface area (Å²) < 4.78 is 4.87. The van der Waals surface area contributed by atoms with Gasteiger partial charge in [-0.2, -0.15) is 0 Å². The number of hydroxylamine groups is 1. The van der Waals surface area contributed by atoms with Crippen LogP contribution in [0.4, 0.5) is 0 Å². The number of methoxy groups -OCH3 is 1. The third-order valence-corrected chi connectivity index (χ3v) is 3.37. The van der Waals surface area contributed by atoms with Gasteiger partial charge in [-0.15, -0.1) is 0 Å². The SMILES string of the molecule is COC(=O)[C@H](CNOCc1ccccc1)Cc1ccccc1. The average Bonchev–Trinajstić information content (AvgIpc) is 2.58. The lowest BCUT2D eigenvalue weighted by Gasteiger charge is -2.15. The van der Waals surface area contributed by atoms with Crippen molar-refractivity contribution in [3.05, 3.63) is 71.8 Å². The fourth-order valence-electron chi connectivity index (χ4n) is 2.17. The molecule has 4 heteroatoms. The van der Waals surface area contributed by atoms with Gasteiger partial charge in [0.15, 0.2) is 0 Å². The van der Waals surface area contributed by atoms with E-state index in [1.54, 1.807) is 0 Å². The Morgan fingerprint density at radius 3 is 2.18 bits per heavy atom. The predicted molar refractivity (Wildman–Crippen MR) is 84.9 cm³/mol. The Hall–Kier alpha value is -2.17. The second kappa shape index (κ2) is 8.97. The molecule has 2 aromatic rings. The Labute approximate surface area is 131 Å². The number of hydrogen-bond donors (Lipinski definition) is 1. The Morgan fingerprint density at radius 2 is 1.59 bits per heavy atom. The van der Waals surface area contributed by atoms with Crippen LogP contribution in [0.25, 0.3) is 0 Å². The van der Waals surface area contributed by atoms with Crippen molar-refractivity contribution in [1.82, 2.24) is 5.48 Å². The lowest BCUT2D eigenvalue weighted by Crippen LogP contribution is -2.31. The van der Waals surface area contributed by atoms with Crippen LogP contribution in [-0.4, -0.2) is 19.6 Å². The number of hydrogen-bond acceptors (Lipinski definition) is 4. The Morgan fingerprint density at radius 1 is 1.00 bits per heavy atom. The van der Waals surface area contributed by atoms with E-state index in [9.17, 15) is 4.79 Å². The monoisotopic (exact) mass is 299 g/mol. The molecule has 0 saturated carbocycles. The van der Waals surface area contributed by atoms with Crippen LogP contribution in [0, 0.1) is 5.92 Å². The zero-order valence-electron chi connectivity index (χ0n) is 12.7. The summed E-state index contributed by atoms with van der Waals surface area (Å²) in [4.78, 5) is 17.3. The molecule has 0 aliphatic heterocycles. The average molecular weight is 299 g/mol. The van der Waals surface area contributed by atoms with Crippen molar-refractivity contribution in [3.8, 4) is 0 Å². The van der Waals surface area contributed by atoms with Gasteiger partial charge in [-0.25, -0.2) is 5.48 Å². The van der Waals surface area contributed by atoms with Gasteiger partial charge in [0, 0.05) is 6.54 Å². The highest BCUT2D eigenvalue weighted by molar-refractivity contribution is 5.72. The first-order chi connectivity index (χ1) is 10.8. The summed E-state index contributed by atoms with van der Waals surface area (Å²) in [6.45, 7) is 0.870. The maximum atomic E-state index is 11.9. The molecule has 0 amide bonds. The molecule has 22 heavy (non-hydrogen) atoms. The van der Waals surface area contributed by atoms with E-state index in [4.69, 9.17) is 9.57 Å². The molecule has 0 fully saturated rings. The van der Waals surface area contributed by atoms with Gasteiger partial charge in [0.1, 0.15) is 0 Å². The molecule has 0 spiro atoms. The third-order valence-electron chi connectivity index (χ3n) is 3.37. The highest BCUT2D eigenvalue weighted by Gasteiger charge is 2.19. The summed E-state index contributed by atoms with van der Waals surface area (Å²) in [6, 6.07) is 19.7. The molecule has 116 valence electrons. The quantitative estimate of drug-likeness (QED) is 0.462. The van der Waals surface area contributed by atoms with Crippen molar-refractivity contribution >= 4 is 5.97 Å². The number of esters is 1. The van der Waals surface area contributed by atoms with Gasteiger partial charge in [0.25, 0.3) is 0 Å². The summed E-state index contributed by atoms with van der Waals surface area (Å²) in [5.74, 6) is -0.511. The van der Waals surface area contributed by atoms with Gasteiger partial charge in [-0.3, -0.25) is 9.63 Å². The first kappa shape index (κ1) is 16.2. The molecule has 0 aliphatic carbocycles. The fraction of sp³-hybridized carbons (Fsp3) is 0.278. The Kier molecular flexibility index (Phi) is 6.61. The molecule has 1 N–H and O–H groups in total. The minimum atomic E-state index is -0.275. The standard InChI is InChI=1S/C18H21NO3/c1-21-18(20)17(12-15-8-4-2-5-9-15)13-19-22-14-16-10-6-3-7-11-16/h2-11,17,19H,12-14H2,1H3/t17-/m0/s1. The number of ether oxygens (including phenoxy) is 1. The molecule has 0 aliphatic rings. The van der Waals surface area contributed by atoms with E-state index in [1.807, 2.05) is 60.7 Å². The van der Waals surface area contributed by atoms with Crippen LogP contribution in [0.2, 0.25) is 0 Å². The highest BCUT2D eigenvalue weighted by atomic mass is 16.6. The fourth-order valence-corrected chi connectivity index (χ4v) is 2.17. The van der Waals surface area contributed by atoms with Crippen molar-refractivity contribution in [1.29, 1.82) is 0 Å². The van der Waals surface area contributed by atoms with E-state index in [-0.39, 0.29) is 11.9 Å². The topological polar surface area (TPSA) is 47.6 Å². The van der Waals surface area contributed by atoms with Crippen LogP contribution >= 0.6 is 0 Å². The van der Waals surface area contributed by atoms with Crippen LogP contribution in [0.1, 0.15) is 11.1 Å². The second-order valence-corrected chi connectivity index (χ2v) is 5.03. The molecular weight excluding hydrogens is 278 g/mol. The normalized spacial score (nSPS) is 11.9. The molecule has 0 radical (unpaired) electrons. The van der Waals surface area contributed by atoms with Crippen LogP contribution in [-0.2, 0) is 27.4 Å². The van der Waals surface area contributed by atoms with Gasteiger partial charge >= 0.3 is 5.97 Å². The minimum Gasteiger partial charge on any atom is -0.469 e. The lowest BCUT2D eigenvalue weighted by molar-refractivity contribution is -0.146. The van der Waals surface area contributed by atoms with Crippen LogP contribution in [0.15, 0.2) is 60.7 Å². The second-order valence-electron chi connectivity index (χ2n) is 5.03. The Balaban J connectivity index is 1.81. The maximum absolute atomic E-state index is 11.9. The van der Waals surface area contributed by atoms with Crippen molar-refractivity contribution in [2.75, 3.05) is 13.7 Å². The van der Waals surface area contributed by atoms with Crippen molar-refractivity contribution in [3.63, 3.8) is 0 Å². The molecule has 1 atom stereocenters. The number of carbonyl (C=O) groups excluding carboxylic acids is 1. The van der Waals surface area contributed by atoms with Crippen molar-refractivity contribution in [2.45, 2.75) is 13.0 Å². The number of rotatable bonds is 8. The highest BCUT2D eigenvalue weighted by Crippen LogP contribution is 2.10. The molecule has 0 aromatic heterocycles. The summed E-state index contributed by atoms with van der Waals surface area (Å²) in [5, 5.41) is 0. The zero-order valence-corrected chi connectivity index (χ0v) is 12.7. The molecule has 4 nitrogen and oxygen atoms in total. The molecule has 2 aromatic carbocycles. The molecule has 0 bridgehead atoms. The molecule has 0 heterocycles. The van der Waals surface area contributed by atoms with E-state index < -0.39 is 0 Å². The first-order valence-electron chi connectivity index (χ1n) is 7.30. The van der Waals surface area contributed by atoms with E-state index in [1.165, 1.54) is 7.11 Å². The smallest absolute Gasteiger partial charge is 0.310 e. The number of carbonyl (C=O) groups is 1. The summed E-state index contributed by atoms with van der Waals surface area (Å²) >= 11 is 0. The van der Waals surface area contributed by atoms with Crippen LogP contribution in [0.5, 0.6) is 0 Å². The van der Waals surface area contributed by atoms with Crippen molar-refractivity contribution < 1.29 is 14.4 Å². The predicted octanol–water partition coefficient (Wildman–Crippen LogP) is 2.74. The Bertz CT molecular complexity index is 557. The number of nitrogens with one attached hydrogen (secondary N) is 1. The van der Waals surface area contributed by atoms with E-state index in [2.05, 4.69) is 5.48 Å². The minimum absolute atomic E-state index is 0.236. The van der Waals surface area contributed by atoms with Gasteiger partial charge in [0.05, 0.1) is 19.6 Å². The molecular formula is C18H21NO3. The zero-order chi connectivity index (χ0) is 15.6. The molecule has 0 unspecified atom stereocenters. The van der Waals surface area contributed by atoms with E-state index >= 15 is 0 Å². The summed E-state index contributed by atoms with van der Waals surface area (Å²) in [6.07, 6.45) is 0.620. The van der Waals surface area contributed by atoms with Crippen molar-refractivity contribution in [2.24, 2.45) is 5.92 Å². The largest absolute Gasteiger partial charge is 0.469 e. The van der Waals surface area contributed by atoms with Crippen LogP contribution in [0.3, 0.4) is 0 Å². The summed E-state index contributed by atoms with van der Waals surface area (Å²) in [7, 11) is 1.41. The van der Waals surface area contributed by atoms with Gasteiger partial charge < -0.3 is 4.74 Å². The third kappa shape index (κ3) is 5.31. The first-order valence-corrected chi connectivity index (χ1v) is 7.30. The van der Waals surface area contributed by atoms with Crippen LogP contribution < -0.4 is 5.48 Å². The van der Waals surface area contributed by atoms with Gasteiger partial charge in [-0.05, 0) is 17.5 Å². The van der Waals surface area contributed by atoms with Gasteiger partial charge in [-0.1, -0.05) is 60.7 Å². The lowest BCUT2D eigenvalue weighted by atomic mass is 10.00. The van der Waals surface area contributed by atoms with Gasteiger partial charge in [0.2, 0.25) is 0 Å².